The fourth-order valence-electron chi connectivity index (χ4n) is 1.98. The van der Waals surface area contributed by atoms with E-state index in [1.165, 1.54) is 5.56 Å². The molecule has 1 aromatic heterocycles. The predicted molar refractivity (Wildman–Crippen MR) is 72.8 cm³/mol. The third kappa shape index (κ3) is 2.46. The molecule has 5 heteroatoms. The highest BCUT2D eigenvalue weighted by molar-refractivity contribution is 9.10. The maximum absolute atomic E-state index is 5.83. The number of rotatable bonds is 3. The molecule has 1 atom stereocenters. The summed E-state index contributed by atoms with van der Waals surface area (Å²) in [5.74, 6) is 1.61. The molecule has 1 aliphatic rings. The largest absolute Gasteiger partial charge is 0.488 e. The standard InChI is InChI=1S/C13H12BrN3O/c14-10-6-15-13(16-7-10)17-8-11-5-9-3-1-2-4-12(9)18-11/h1-4,6-7,11H,5,8H2,(H,15,16,17). The van der Waals surface area contributed by atoms with Crippen LogP contribution in [0, 0.1) is 0 Å². The van der Waals surface area contributed by atoms with Crippen molar-refractivity contribution in [3.8, 4) is 5.75 Å². The van der Waals surface area contributed by atoms with Crippen LogP contribution in [0.25, 0.3) is 0 Å². The summed E-state index contributed by atoms with van der Waals surface area (Å²) in [6.07, 6.45) is 4.52. The van der Waals surface area contributed by atoms with E-state index in [1.807, 2.05) is 18.2 Å². The average Bonchev–Trinajstić information content (AvgIpc) is 2.81. The number of hydrogen-bond acceptors (Lipinski definition) is 4. The van der Waals surface area contributed by atoms with Crippen LogP contribution < -0.4 is 10.1 Å². The van der Waals surface area contributed by atoms with Crippen molar-refractivity contribution in [1.29, 1.82) is 0 Å². The third-order valence-electron chi connectivity index (χ3n) is 2.82. The molecular formula is C13H12BrN3O. The maximum Gasteiger partial charge on any atom is 0.222 e. The summed E-state index contributed by atoms with van der Waals surface area (Å²) in [6, 6.07) is 8.14. The first-order valence-corrected chi connectivity index (χ1v) is 6.56. The number of aromatic nitrogens is 2. The number of nitrogens with one attached hydrogen (secondary N) is 1. The zero-order valence-electron chi connectivity index (χ0n) is 9.64. The van der Waals surface area contributed by atoms with Crippen LogP contribution in [0.15, 0.2) is 41.1 Å². The lowest BCUT2D eigenvalue weighted by atomic mass is 10.1. The van der Waals surface area contributed by atoms with Crippen molar-refractivity contribution in [2.24, 2.45) is 0 Å². The van der Waals surface area contributed by atoms with E-state index >= 15 is 0 Å². The molecule has 2 heterocycles. The first-order chi connectivity index (χ1) is 8.81. The average molecular weight is 306 g/mol. The van der Waals surface area contributed by atoms with Gasteiger partial charge < -0.3 is 10.1 Å². The first-order valence-electron chi connectivity index (χ1n) is 5.77. The minimum Gasteiger partial charge on any atom is -0.488 e. The van der Waals surface area contributed by atoms with Gasteiger partial charge in [-0.3, -0.25) is 0 Å². The number of nitrogens with zero attached hydrogens (tertiary/aromatic N) is 2. The number of benzene rings is 1. The zero-order chi connectivity index (χ0) is 12.4. The van der Waals surface area contributed by atoms with Crippen LogP contribution in [0.3, 0.4) is 0 Å². The molecule has 1 N–H and O–H groups in total. The second-order valence-corrected chi connectivity index (χ2v) is 5.07. The van der Waals surface area contributed by atoms with Crippen molar-refractivity contribution in [3.63, 3.8) is 0 Å². The number of halogens is 1. The zero-order valence-corrected chi connectivity index (χ0v) is 11.2. The van der Waals surface area contributed by atoms with E-state index in [9.17, 15) is 0 Å². The summed E-state index contributed by atoms with van der Waals surface area (Å²) in [6.45, 7) is 0.705. The molecule has 0 saturated heterocycles. The van der Waals surface area contributed by atoms with Crippen molar-refractivity contribution in [2.75, 3.05) is 11.9 Å². The van der Waals surface area contributed by atoms with E-state index in [0.29, 0.717) is 12.5 Å². The van der Waals surface area contributed by atoms with Gasteiger partial charge in [-0.25, -0.2) is 9.97 Å². The Morgan fingerprint density at radius 3 is 2.83 bits per heavy atom. The lowest BCUT2D eigenvalue weighted by molar-refractivity contribution is 0.246. The van der Waals surface area contributed by atoms with Crippen molar-refractivity contribution in [2.45, 2.75) is 12.5 Å². The Morgan fingerprint density at radius 2 is 2.06 bits per heavy atom. The fourth-order valence-corrected chi connectivity index (χ4v) is 2.18. The third-order valence-corrected chi connectivity index (χ3v) is 3.23. The summed E-state index contributed by atoms with van der Waals surface area (Å²) in [5.41, 5.74) is 1.26. The smallest absolute Gasteiger partial charge is 0.222 e. The lowest BCUT2D eigenvalue weighted by Gasteiger charge is -2.11. The van der Waals surface area contributed by atoms with Crippen LogP contribution in [0.2, 0.25) is 0 Å². The molecule has 18 heavy (non-hydrogen) atoms. The number of anilines is 1. The van der Waals surface area contributed by atoms with E-state index in [0.717, 1.165) is 16.6 Å². The summed E-state index contributed by atoms with van der Waals surface area (Å²) >= 11 is 3.30. The molecule has 0 bridgehead atoms. The highest BCUT2D eigenvalue weighted by atomic mass is 79.9. The van der Waals surface area contributed by atoms with E-state index in [1.54, 1.807) is 12.4 Å². The van der Waals surface area contributed by atoms with Crippen molar-refractivity contribution in [1.82, 2.24) is 9.97 Å². The van der Waals surface area contributed by atoms with Gasteiger partial charge in [0.05, 0.1) is 11.0 Å². The van der Waals surface area contributed by atoms with Gasteiger partial charge in [0.2, 0.25) is 5.95 Å². The molecule has 1 unspecified atom stereocenters. The molecule has 0 amide bonds. The second kappa shape index (κ2) is 4.94. The van der Waals surface area contributed by atoms with Crippen LogP contribution in [-0.4, -0.2) is 22.6 Å². The van der Waals surface area contributed by atoms with Gasteiger partial charge >= 0.3 is 0 Å². The fraction of sp³-hybridized carbons (Fsp3) is 0.231. The molecule has 0 spiro atoms. The van der Waals surface area contributed by atoms with Crippen LogP contribution in [0.5, 0.6) is 5.75 Å². The Labute approximate surface area is 114 Å². The molecule has 0 fully saturated rings. The Morgan fingerprint density at radius 1 is 1.28 bits per heavy atom. The highest BCUT2D eigenvalue weighted by Gasteiger charge is 2.21. The Hall–Kier alpha value is -1.62. The van der Waals surface area contributed by atoms with Crippen LogP contribution >= 0.6 is 15.9 Å². The van der Waals surface area contributed by atoms with Gasteiger partial charge in [-0.1, -0.05) is 18.2 Å². The van der Waals surface area contributed by atoms with Gasteiger partial charge in [0.25, 0.3) is 0 Å². The molecular weight excluding hydrogens is 294 g/mol. The summed E-state index contributed by atoms with van der Waals surface area (Å²) < 4.78 is 6.70. The van der Waals surface area contributed by atoms with E-state index < -0.39 is 0 Å². The highest BCUT2D eigenvalue weighted by Crippen LogP contribution is 2.27. The number of para-hydroxylation sites is 1. The van der Waals surface area contributed by atoms with Gasteiger partial charge in [-0.05, 0) is 27.6 Å². The Bertz CT molecular complexity index is 519. The quantitative estimate of drug-likeness (QED) is 0.947. The van der Waals surface area contributed by atoms with Gasteiger partial charge in [-0.15, -0.1) is 0 Å². The monoisotopic (exact) mass is 305 g/mol. The molecule has 1 aromatic carbocycles. The molecule has 0 aliphatic carbocycles. The van der Waals surface area contributed by atoms with E-state index in [2.05, 4.69) is 37.3 Å². The van der Waals surface area contributed by atoms with Gasteiger partial charge in [-0.2, -0.15) is 0 Å². The molecule has 2 aromatic rings. The molecule has 3 rings (SSSR count). The molecule has 92 valence electrons. The summed E-state index contributed by atoms with van der Waals surface area (Å²) in [4.78, 5) is 8.33. The first kappa shape index (κ1) is 11.5. The van der Waals surface area contributed by atoms with Gasteiger partial charge in [0.15, 0.2) is 0 Å². The Kier molecular flexibility index (Phi) is 3.15. The Balaban J connectivity index is 1.58. The minimum absolute atomic E-state index is 0.148. The second-order valence-electron chi connectivity index (χ2n) is 4.16. The van der Waals surface area contributed by atoms with E-state index in [-0.39, 0.29) is 6.10 Å². The number of ether oxygens (including phenoxy) is 1. The van der Waals surface area contributed by atoms with Crippen molar-refractivity contribution < 1.29 is 4.74 Å². The number of hydrogen-bond donors (Lipinski definition) is 1. The van der Waals surface area contributed by atoms with Gasteiger partial charge in [0.1, 0.15) is 11.9 Å². The molecule has 1 aliphatic heterocycles. The van der Waals surface area contributed by atoms with Crippen LogP contribution in [0.1, 0.15) is 5.56 Å². The normalized spacial score (nSPS) is 17.1. The maximum atomic E-state index is 5.83. The van der Waals surface area contributed by atoms with Gasteiger partial charge in [0, 0.05) is 18.8 Å². The number of fused-ring (bicyclic) bond motifs is 1. The lowest BCUT2D eigenvalue weighted by Crippen LogP contribution is -2.24. The minimum atomic E-state index is 0.148. The molecule has 0 saturated carbocycles. The van der Waals surface area contributed by atoms with Crippen molar-refractivity contribution in [3.05, 3.63) is 46.7 Å². The van der Waals surface area contributed by atoms with Crippen LogP contribution in [0.4, 0.5) is 5.95 Å². The summed E-state index contributed by atoms with van der Waals surface area (Å²) in [5, 5.41) is 3.18. The molecule has 0 radical (unpaired) electrons. The predicted octanol–water partition coefficient (Wildman–Crippen LogP) is 2.65. The van der Waals surface area contributed by atoms with Crippen molar-refractivity contribution >= 4 is 21.9 Å². The molecule has 4 nitrogen and oxygen atoms in total. The van der Waals surface area contributed by atoms with E-state index in [4.69, 9.17) is 4.74 Å². The summed E-state index contributed by atoms with van der Waals surface area (Å²) in [7, 11) is 0. The SMILES string of the molecule is Brc1cnc(NCC2Cc3ccccc3O2)nc1. The topological polar surface area (TPSA) is 47.0 Å². The van der Waals surface area contributed by atoms with Crippen LogP contribution in [-0.2, 0) is 6.42 Å².